The lowest BCUT2D eigenvalue weighted by Gasteiger charge is -2.36. The molecule has 2 rings (SSSR count). The Bertz CT molecular complexity index is 261. The van der Waals surface area contributed by atoms with Crippen molar-refractivity contribution in [2.24, 2.45) is 5.73 Å². The van der Waals surface area contributed by atoms with Crippen LogP contribution in [0.1, 0.15) is 25.7 Å². The summed E-state index contributed by atoms with van der Waals surface area (Å²) in [6.07, 6.45) is 2.90. The van der Waals surface area contributed by atoms with Gasteiger partial charge < -0.3 is 11.1 Å². The first kappa shape index (κ1) is 9.61. The van der Waals surface area contributed by atoms with Crippen LogP contribution in [0.4, 0.5) is 0 Å². The molecule has 2 aliphatic rings. The normalized spacial score (nSPS) is 37.6. The van der Waals surface area contributed by atoms with Gasteiger partial charge in [-0.1, -0.05) is 0 Å². The number of hydrogen-bond donors (Lipinski definition) is 3. The average Bonchev–Trinajstić information content (AvgIpc) is 2.06. The number of carbonyl (C=O) groups is 2. The van der Waals surface area contributed by atoms with Gasteiger partial charge in [-0.2, -0.15) is 0 Å². The van der Waals surface area contributed by atoms with Gasteiger partial charge in [-0.15, -0.1) is 0 Å². The highest BCUT2D eigenvalue weighted by molar-refractivity contribution is 6.00. The molecule has 0 aromatic carbocycles. The molecule has 4 N–H and O–H groups in total. The first-order chi connectivity index (χ1) is 6.65. The van der Waals surface area contributed by atoms with Crippen LogP contribution in [0.3, 0.4) is 0 Å². The van der Waals surface area contributed by atoms with Crippen LogP contribution in [0.5, 0.6) is 0 Å². The van der Waals surface area contributed by atoms with E-state index in [0.29, 0.717) is 18.9 Å². The molecule has 1 atom stereocenters. The first-order valence-corrected chi connectivity index (χ1v) is 5.00. The lowest BCUT2D eigenvalue weighted by molar-refractivity contribution is -0.135. The third kappa shape index (κ3) is 1.93. The first-order valence-electron chi connectivity index (χ1n) is 5.00. The molecule has 1 saturated carbocycles. The molecule has 5 nitrogen and oxygen atoms in total. The third-order valence-corrected chi connectivity index (χ3v) is 2.85. The fourth-order valence-corrected chi connectivity index (χ4v) is 1.94. The number of imide groups is 1. The van der Waals surface area contributed by atoms with Crippen molar-refractivity contribution in [3.05, 3.63) is 0 Å². The topological polar surface area (TPSA) is 84.2 Å². The Morgan fingerprint density at radius 3 is 2.64 bits per heavy atom. The summed E-state index contributed by atoms with van der Waals surface area (Å²) in [6, 6.07) is 0.430. The van der Waals surface area contributed by atoms with Crippen LogP contribution in [-0.4, -0.2) is 29.9 Å². The van der Waals surface area contributed by atoms with Gasteiger partial charge >= 0.3 is 0 Å². The van der Waals surface area contributed by atoms with Crippen molar-refractivity contribution in [3.63, 3.8) is 0 Å². The van der Waals surface area contributed by atoms with Gasteiger partial charge in [0.2, 0.25) is 11.8 Å². The summed E-state index contributed by atoms with van der Waals surface area (Å²) in [5, 5.41) is 5.53. The second-order valence-electron chi connectivity index (χ2n) is 4.10. The lowest BCUT2D eigenvalue weighted by Crippen LogP contribution is -2.58. The van der Waals surface area contributed by atoms with E-state index in [9.17, 15) is 9.59 Å². The van der Waals surface area contributed by atoms with Crippen molar-refractivity contribution in [1.82, 2.24) is 10.6 Å². The number of nitrogens with two attached hydrogens (primary N) is 1. The van der Waals surface area contributed by atoms with Crippen LogP contribution in [0, 0.1) is 0 Å². The highest BCUT2D eigenvalue weighted by Gasteiger charge is 2.32. The van der Waals surface area contributed by atoms with E-state index in [4.69, 9.17) is 5.73 Å². The van der Waals surface area contributed by atoms with Gasteiger partial charge in [-0.05, 0) is 19.3 Å². The van der Waals surface area contributed by atoms with Crippen LogP contribution in [0.15, 0.2) is 0 Å². The molecule has 1 aliphatic heterocycles. The molecule has 1 heterocycles. The highest BCUT2D eigenvalue weighted by atomic mass is 16.2. The molecule has 2 amide bonds. The van der Waals surface area contributed by atoms with E-state index in [1.165, 1.54) is 0 Å². The van der Waals surface area contributed by atoms with E-state index >= 15 is 0 Å². The van der Waals surface area contributed by atoms with E-state index in [1.807, 2.05) is 0 Å². The SMILES string of the molecule is NC1CC(NC2CCC(=O)NC2=O)C1. The zero-order chi connectivity index (χ0) is 10.1. The summed E-state index contributed by atoms with van der Waals surface area (Å²) in [5.74, 6) is -0.361. The Morgan fingerprint density at radius 2 is 2.07 bits per heavy atom. The molecule has 2 fully saturated rings. The van der Waals surface area contributed by atoms with Crippen molar-refractivity contribution in [2.45, 2.75) is 43.8 Å². The number of piperidine rings is 1. The predicted molar refractivity (Wildman–Crippen MR) is 50.3 cm³/mol. The van der Waals surface area contributed by atoms with Gasteiger partial charge in [0.15, 0.2) is 0 Å². The molecule has 5 heteroatoms. The quantitative estimate of drug-likeness (QED) is 0.489. The smallest absolute Gasteiger partial charge is 0.243 e. The molecule has 1 unspecified atom stereocenters. The standard InChI is InChI=1S/C9H15N3O2/c10-5-3-6(4-5)11-7-1-2-8(13)12-9(7)14/h5-7,11H,1-4,10H2,(H,12,13,14). The van der Waals surface area contributed by atoms with Crippen molar-refractivity contribution in [2.75, 3.05) is 0 Å². The predicted octanol–water partition coefficient (Wildman–Crippen LogP) is -1.13. The van der Waals surface area contributed by atoms with Gasteiger partial charge in [0.1, 0.15) is 0 Å². The Balaban J connectivity index is 1.80. The summed E-state index contributed by atoms with van der Waals surface area (Å²) in [4.78, 5) is 22.2. The molecule has 0 aromatic heterocycles. The molecule has 78 valence electrons. The van der Waals surface area contributed by atoms with Gasteiger partial charge in [0, 0.05) is 18.5 Å². The largest absolute Gasteiger partial charge is 0.328 e. The summed E-state index contributed by atoms with van der Waals surface area (Å²) < 4.78 is 0. The molecule has 0 aromatic rings. The molecular formula is C9H15N3O2. The summed E-state index contributed by atoms with van der Waals surface area (Å²) in [7, 11) is 0. The molecule has 0 bridgehead atoms. The fraction of sp³-hybridized carbons (Fsp3) is 0.778. The van der Waals surface area contributed by atoms with Crippen LogP contribution in [0.25, 0.3) is 0 Å². The molecule has 14 heavy (non-hydrogen) atoms. The minimum Gasteiger partial charge on any atom is -0.328 e. The van der Waals surface area contributed by atoms with Gasteiger partial charge in [0.25, 0.3) is 0 Å². The number of amides is 2. The Kier molecular flexibility index (Phi) is 2.52. The van der Waals surface area contributed by atoms with Crippen LogP contribution < -0.4 is 16.4 Å². The molecule has 1 aliphatic carbocycles. The monoisotopic (exact) mass is 197 g/mol. The third-order valence-electron chi connectivity index (χ3n) is 2.85. The minimum atomic E-state index is -0.204. The van der Waals surface area contributed by atoms with E-state index in [1.54, 1.807) is 0 Å². The Hall–Kier alpha value is -0.940. The second-order valence-corrected chi connectivity index (χ2v) is 4.10. The van der Waals surface area contributed by atoms with Gasteiger partial charge in [-0.25, -0.2) is 0 Å². The van der Waals surface area contributed by atoms with Crippen molar-refractivity contribution in [1.29, 1.82) is 0 Å². The van der Waals surface area contributed by atoms with Gasteiger partial charge in [0.05, 0.1) is 6.04 Å². The van der Waals surface area contributed by atoms with Crippen molar-refractivity contribution < 1.29 is 9.59 Å². The van der Waals surface area contributed by atoms with Crippen molar-refractivity contribution >= 4 is 11.8 Å². The van der Waals surface area contributed by atoms with Crippen molar-refractivity contribution in [3.8, 4) is 0 Å². The fourth-order valence-electron chi connectivity index (χ4n) is 1.94. The maximum atomic E-state index is 11.3. The van der Waals surface area contributed by atoms with E-state index in [0.717, 1.165) is 12.8 Å². The van der Waals surface area contributed by atoms with E-state index < -0.39 is 0 Å². The summed E-state index contributed by atoms with van der Waals surface area (Å²) in [6.45, 7) is 0. The maximum Gasteiger partial charge on any atom is 0.243 e. The number of nitrogens with one attached hydrogen (secondary N) is 2. The number of rotatable bonds is 2. The molecule has 1 saturated heterocycles. The zero-order valence-electron chi connectivity index (χ0n) is 7.95. The van der Waals surface area contributed by atoms with E-state index in [-0.39, 0.29) is 23.9 Å². The summed E-state index contributed by atoms with van der Waals surface area (Å²) in [5.41, 5.74) is 5.64. The van der Waals surface area contributed by atoms with Crippen LogP contribution in [-0.2, 0) is 9.59 Å². The van der Waals surface area contributed by atoms with Gasteiger partial charge in [-0.3, -0.25) is 14.9 Å². The lowest BCUT2D eigenvalue weighted by atomic mass is 9.86. The number of hydrogen-bond acceptors (Lipinski definition) is 4. The van der Waals surface area contributed by atoms with E-state index in [2.05, 4.69) is 10.6 Å². The van der Waals surface area contributed by atoms with Crippen LogP contribution >= 0.6 is 0 Å². The molecular weight excluding hydrogens is 182 g/mol. The highest BCUT2D eigenvalue weighted by Crippen LogP contribution is 2.19. The summed E-state index contributed by atoms with van der Waals surface area (Å²) >= 11 is 0. The molecule has 0 radical (unpaired) electrons. The molecule has 0 spiro atoms. The number of carbonyl (C=O) groups excluding carboxylic acids is 2. The minimum absolute atomic E-state index is 0.168. The maximum absolute atomic E-state index is 11.3. The second kappa shape index (κ2) is 3.67. The zero-order valence-corrected chi connectivity index (χ0v) is 7.95. The Morgan fingerprint density at radius 1 is 1.36 bits per heavy atom. The average molecular weight is 197 g/mol. The van der Waals surface area contributed by atoms with Crippen LogP contribution in [0.2, 0.25) is 0 Å². The Labute approximate surface area is 82.4 Å².